The Labute approximate surface area is 189 Å². The first-order chi connectivity index (χ1) is 15.8. The predicted molar refractivity (Wildman–Crippen MR) is 117 cm³/mol. The maximum absolute atomic E-state index is 13.2. The van der Waals surface area contributed by atoms with Crippen LogP contribution in [0.15, 0.2) is 42.5 Å². The fourth-order valence-electron chi connectivity index (χ4n) is 3.87. The molecule has 2 aliphatic heterocycles. The monoisotopic (exact) mass is 463 g/mol. The first-order valence-electron chi connectivity index (χ1n) is 10.7. The van der Waals surface area contributed by atoms with Crippen molar-refractivity contribution in [3.63, 3.8) is 0 Å². The van der Waals surface area contributed by atoms with Crippen molar-refractivity contribution in [2.75, 3.05) is 54.6 Å². The van der Waals surface area contributed by atoms with Crippen LogP contribution >= 0.6 is 0 Å². The standard InChI is InChI=1S/C23H24F3N3O4/c24-23(25,26)16-3-8-20(28-10-12-32-13-11-28)19(14-16)27-21(30)15-33-18-6-4-17(5-7-18)29-9-1-2-22(29)31/h3-8,14H,1-2,9-13,15H2,(H,27,30). The van der Waals surface area contributed by atoms with Gasteiger partial charge >= 0.3 is 6.18 Å². The number of amides is 2. The Morgan fingerprint density at radius 2 is 1.79 bits per heavy atom. The number of morpholine rings is 1. The van der Waals surface area contributed by atoms with Crippen molar-refractivity contribution in [1.29, 1.82) is 0 Å². The van der Waals surface area contributed by atoms with Gasteiger partial charge in [-0.05, 0) is 48.9 Å². The number of hydrogen-bond donors (Lipinski definition) is 1. The molecule has 2 aliphatic rings. The zero-order valence-electron chi connectivity index (χ0n) is 17.9. The van der Waals surface area contributed by atoms with Crippen LogP contribution in [0.4, 0.5) is 30.2 Å². The second-order valence-corrected chi connectivity index (χ2v) is 7.81. The van der Waals surface area contributed by atoms with Gasteiger partial charge in [0.05, 0.1) is 30.2 Å². The molecule has 10 heteroatoms. The SMILES string of the molecule is O=C(COc1ccc(N2CCCC2=O)cc1)Nc1cc(C(F)(F)F)ccc1N1CCOCC1. The lowest BCUT2D eigenvalue weighted by atomic mass is 10.1. The summed E-state index contributed by atoms with van der Waals surface area (Å²) in [7, 11) is 0. The third-order valence-electron chi connectivity index (χ3n) is 5.54. The van der Waals surface area contributed by atoms with Gasteiger partial charge in [0.15, 0.2) is 6.61 Å². The molecule has 7 nitrogen and oxygen atoms in total. The summed E-state index contributed by atoms with van der Waals surface area (Å²) in [5.41, 5.74) is 0.485. The van der Waals surface area contributed by atoms with Gasteiger partial charge in [0.2, 0.25) is 5.91 Å². The third-order valence-corrected chi connectivity index (χ3v) is 5.54. The number of alkyl halides is 3. The van der Waals surface area contributed by atoms with Crippen LogP contribution in [0.3, 0.4) is 0 Å². The molecule has 0 spiro atoms. The zero-order valence-corrected chi connectivity index (χ0v) is 17.9. The average molecular weight is 463 g/mol. The van der Waals surface area contributed by atoms with E-state index in [2.05, 4.69) is 5.32 Å². The highest BCUT2D eigenvalue weighted by atomic mass is 19.4. The number of hydrogen-bond acceptors (Lipinski definition) is 5. The molecule has 0 aliphatic carbocycles. The molecular formula is C23H24F3N3O4. The van der Waals surface area contributed by atoms with E-state index in [0.29, 0.717) is 50.7 Å². The minimum absolute atomic E-state index is 0.0696. The van der Waals surface area contributed by atoms with Gasteiger partial charge in [-0.25, -0.2) is 0 Å². The van der Waals surface area contributed by atoms with Gasteiger partial charge in [-0.3, -0.25) is 9.59 Å². The predicted octanol–water partition coefficient (Wildman–Crippen LogP) is 3.69. The average Bonchev–Trinajstić information content (AvgIpc) is 3.24. The molecule has 0 radical (unpaired) electrons. The van der Waals surface area contributed by atoms with Crippen LogP contribution in [-0.2, 0) is 20.5 Å². The number of ether oxygens (including phenoxy) is 2. The molecule has 0 bridgehead atoms. The molecule has 2 amide bonds. The molecule has 2 heterocycles. The number of rotatable bonds is 6. The Balaban J connectivity index is 1.42. The van der Waals surface area contributed by atoms with Gasteiger partial charge in [0.1, 0.15) is 5.75 Å². The lowest BCUT2D eigenvalue weighted by molar-refractivity contribution is -0.137. The number of carbonyl (C=O) groups is 2. The van der Waals surface area contributed by atoms with Crippen molar-refractivity contribution < 1.29 is 32.2 Å². The highest BCUT2D eigenvalue weighted by Crippen LogP contribution is 2.36. The second-order valence-electron chi connectivity index (χ2n) is 7.81. The highest BCUT2D eigenvalue weighted by molar-refractivity contribution is 5.96. The topological polar surface area (TPSA) is 71.1 Å². The van der Waals surface area contributed by atoms with Crippen LogP contribution in [-0.4, -0.2) is 51.3 Å². The van der Waals surface area contributed by atoms with Crippen molar-refractivity contribution in [3.8, 4) is 5.75 Å². The summed E-state index contributed by atoms with van der Waals surface area (Å²) < 4.78 is 50.5. The van der Waals surface area contributed by atoms with Crippen molar-refractivity contribution in [2.24, 2.45) is 0 Å². The Hall–Kier alpha value is -3.27. The number of nitrogens with one attached hydrogen (secondary N) is 1. The third kappa shape index (κ3) is 5.57. The van der Waals surface area contributed by atoms with Crippen molar-refractivity contribution >= 4 is 28.9 Å². The first kappa shape index (κ1) is 22.9. The molecule has 0 unspecified atom stereocenters. The molecule has 2 saturated heterocycles. The van der Waals surface area contributed by atoms with Gasteiger partial charge in [-0.15, -0.1) is 0 Å². The minimum Gasteiger partial charge on any atom is -0.484 e. The number of benzene rings is 2. The molecular weight excluding hydrogens is 439 g/mol. The molecule has 0 saturated carbocycles. The maximum atomic E-state index is 13.2. The quantitative estimate of drug-likeness (QED) is 0.708. The van der Waals surface area contributed by atoms with Crippen LogP contribution in [0.1, 0.15) is 18.4 Å². The van der Waals surface area contributed by atoms with E-state index in [1.165, 1.54) is 6.07 Å². The molecule has 2 aromatic rings. The Bertz CT molecular complexity index is 1010. The molecule has 1 N–H and O–H groups in total. The van der Waals surface area contributed by atoms with Crippen molar-refractivity contribution in [1.82, 2.24) is 0 Å². The molecule has 2 fully saturated rings. The van der Waals surface area contributed by atoms with Gasteiger partial charge in [-0.2, -0.15) is 13.2 Å². The summed E-state index contributed by atoms with van der Waals surface area (Å²) in [6, 6.07) is 10.1. The van der Waals surface area contributed by atoms with E-state index < -0.39 is 17.6 Å². The van der Waals surface area contributed by atoms with E-state index in [0.717, 1.165) is 24.2 Å². The zero-order chi connectivity index (χ0) is 23.4. The Kier molecular flexibility index (Phi) is 6.73. The van der Waals surface area contributed by atoms with Crippen molar-refractivity contribution in [2.45, 2.75) is 19.0 Å². The van der Waals surface area contributed by atoms with E-state index in [1.807, 2.05) is 4.90 Å². The lowest BCUT2D eigenvalue weighted by Crippen LogP contribution is -2.37. The van der Waals surface area contributed by atoms with Crippen LogP contribution in [0.5, 0.6) is 5.75 Å². The summed E-state index contributed by atoms with van der Waals surface area (Å²) in [6.45, 7) is 2.23. The van der Waals surface area contributed by atoms with Gasteiger partial charge < -0.3 is 24.6 Å². The molecule has 0 atom stereocenters. The number of anilines is 3. The molecule has 0 aromatic heterocycles. The number of halogens is 3. The van der Waals surface area contributed by atoms with Gasteiger partial charge in [0.25, 0.3) is 5.91 Å². The summed E-state index contributed by atoms with van der Waals surface area (Å²) in [5.74, 6) is -0.0965. The van der Waals surface area contributed by atoms with Crippen LogP contribution < -0.4 is 19.9 Å². The molecule has 4 rings (SSSR count). The molecule has 176 valence electrons. The van der Waals surface area contributed by atoms with Gasteiger partial charge in [-0.1, -0.05) is 0 Å². The van der Waals surface area contributed by atoms with Crippen LogP contribution in [0.25, 0.3) is 0 Å². The van der Waals surface area contributed by atoms with E-state index in [-0.39, 0.29) is 18.2 Å². The smallest absolute Gasteiger partial charge is 0.416 e. The number of carbonyl (C=O) groups excluding carboxylic acids is 2. The fraction of sp³-hybridized carbons (Fsp3) is 0.391. The van der Waals surface area contributed by atoms with Crippen LogP contribution in [0, 0.1) is 0 Å². The molecule has 33 heavy (non-hydrogen) atoms. The lowest BCUT2D eigenvalue weighted by Gasteiger charge is -2.31. The summed E-state index contributed by atoms with van der Waals surface area (Å²) >= 11 is 0. The normalized spacial score (nSPS) is 16.8. The number of nitrogens with zero attached hydrogens (tertiary/aromatic N) is 2. The largest absolute Gasteiger partial charge is 0.484 e. The van der Waals surface area contributed by atoms with Gasteiger partial charge in [0, 0.05) is 31.7 Å². The van der Waals surface area contributed by atoms with E-state index in [1.54, 1.807) is 29.2 Å². The summed E-state index contributed by atoms with van der Waals surface area (Å²) in [4.78, 5) is 27.9. The maximum Gasteiger partial charge on any atom is 0.416 e. The minimum atomic E-state index is -4.53. The fourth-order valence-corrected chi connectivity index (χ4v) is 3.87. The van der Waals surface area contributed by atoms with Crippen LogP contribution in [0.2, 0.25) is 0 Å². The highest BCUT2D eigenvalue weighted by Gasteiger charge is 2.32. The second kappa shape index (κ2) is 9.70. The Morgan fingerprint density at radius 3 is 2.42 bits per heavy atom. The molecule has 2 aromatic carbocycles. The Morgan fingerprint density at radius 1 is 1.06 bits per heavy atom. The van der Waals surface area contributed by atoms with E-state index >= 15 is 0 Å². The van der Waals surface area contributed by atoms with E-state index in [9.17, 15) is 22.8 Å². The summed E-state index contributed by atoms with van der Waals surface area (Å²) in [5, 5.41) is 2.55. The van der Waals surface area contributed by atoms with Crippen molar-refractivity contribution in [3.05, 3.63) is 48.0 Å². The first-order valence-corrected chi connectivity index (χ1v) is 10.7. The van der Waals surface area contributed by atoms with E-state index in [4.69, 9.17) is 9.47 Å². The summed E-state index contributed by atoms with van der Waals surface area (Å²) in [6.07, 6.45) is -3.18.